The minimum Gasteiger partial charge on any atom is -0.381 e. The van der Waals surface area contributed by atoms with Crippen molar-refractivity contribution in [2.75, 3.05) is 13.2 Å². The highest BCUT2D eigenvalue weighted by Crippen LogP contribution is 2.26. The number of hydrogen-bond acceptors (Lipinski definition) is 2. The average Bonchev–Trinajstić information content (AvgIpc) is 2.30. The maximum atomic E-state index is 12.1. The van der Waals surface area contributed by atoms with Gasteiger partial charge in [0, 0.05) is 29.7 Å². The molecule has 0 N–H and O–H groups in total. The quantitative estimate of drug-likeness (QED) is 0.785. The van der Waals surface area contributed by atoms with Crippen LogP contribution in [0.25, 0.3) is 0 Å². The van der Waals surface area contributed by atoms with Gasteiger partial charge in [0.1, 0.15) is 0 Å². The first-order valence-corrected chi connectivity index (χ1v) is 6.90. The zero-order chi connectivity index (χ0) is 12.3. The third kappa shape index (κ3) is 3.54. The van der Waals surface area contributed by atoms with Crippen molar-refractivity contribution >= 4 is 33.3 Å². The van der Waals surface area contributed by atoms with Crippen molar-refractivity contribution in [3.63, 3.8) is 0 Å². The maximum absolute atomic E-state index is 12.1. The Morgan fingerprint density at radius 2 is 2.12 bits per heavy atom. The van der Waals surface area contributed by atoms with Crippen LogP contribution in [0.15, 0.2) is 22.7 Å². The highest BCUT2D eigenvalue weighted by Gasteiger charge is 2.19. The third-order valence-corrected chi connectivity index (χ3v) is 3.85. The molecular weight excluding hydrogens is 303 g/mol. The van der Waals surface area contributed by atoms with Gasteiger partial charge >= 0.3 is 0 Å². The fraction of sp³-hybridized carbons (Fsp3) is 0.462. The molecule has 1 saturated heterocycles. The van der Waals surface area contributed by atoms with Crippen LogP contribution in [-0.4, -0.2) is 19.0 Å². The molecular formula is C13H14BrClO2. The summed E-state index contributed by atoms with van der Waals surface area (Å²) in [6.45, 7) is 1.54. The van der Waals surface area contributed by atoms with E-state index < -0.39 is 0 Å². The zero-order valence-corrected chi connectivity index (χ0v) is 11.8. The second kappa shape index (κ2) is 5.98. The van der Waals surface area contributed by atoms with Crippen LogP contribution < -0.4 is 0 Å². The molecule has 0 atom stereocenters. The molecule has 0 amide bonds. The Balaban J connectivity index is 2.03. The molecule has 2 nitrogen and oxygen atoms in total. The average molecular weight is 318 g/mol. The Labute approximate surface area is 114 Å². The van der Waals surface area contributed by atoms with Gasteiger partial charge in [-0.3, -0.25) is 4.79 Å². The fourth-order valence-electron chi connectivity index (χ4n) is 2.04. The second-order valence-corrected chi connectivity index (χ2v) is 5.63. The topological polar surface area (TPSA) is 26.3 Å². The summed E-state index contributed by atoms with van der Waals surface area (Å²) in [5.74, 6) is 0.574. The maximum Gasteiger partial charge on any atom is 0.164 e. The molecule has 0 bridgehead atoms. The van der Waals surface area contributed by atoms with Gasteiger partial charge in [-0.1, -0.05) is 27.5 Å². The molecule has 1 aromatic rings. The molecule has 2 rings (SSSR count). The SMILES string of the molecule is O=C(CC1CCOCC1)c1ccc(Br)cc1Cl. The van der Waals surface area contributed by atoms with Crippen molar-refractivity contribution in [1.29, 1.82) is 0 Å². The molecule has 0 spiro atoms. The Kier molecular flexibility index (Phi) is 4.60. The Morgan fingerprint density at radius 3 is 2.76 bits per heavy atom. The summed E-state index contributed by atoms with van der Waals surface area (Å²) in [5, 5.41) is 0.524. The Hall–Kier alpha value is -0.380. The van der Waals surface area contributed by atoms with E-state index in [1.165, 1.54) is 0 Å². The monoisotopic (exact) mass is 316 g/mol. The molecule has 0 aromatic heterocycles. The molecule has 1 heterocycles. The summed E-state index contributed by atoms with van der Waals surface area (Å²) in [6.07, 6.45) is 2.52. The molecule has 1 aliphatic heterocycles. The molecule has 92 valence electrons. The van der Waals surface area contributed by atoms with Gasteiger partial charge in [0.15, 0.2) is 5.78 Å². The molecule has 4 heteroatoms. The summed E-state index contributed by atoms with van der Waals surface area (Å²) >= 11 is 9.40. The number of hydrogen-bond donors (Lipinski definition) is 0. The lowest BCUT2D eigenvalue weighted by Gasteiger charge is -2.21. The van der Waals surface area contributed by atoms with E-state index in [1.54, 1.807) is 12.1 Å². The second-order valence-electron chi connectivity index (χ2n) is 4.31. The predicted molar refractivity (Wildman–Crippen MR) is 71.6 cm³/mol. The smallest absolute Gasteiger partial charge is 0.164 e. The van der Waals surface area contributed by atoms with E-state index in [1.807, 2.05) is 6.07 Å². The predicted octanol–water partition coefficient (Wildman–Crippen LogP) is 4.10. The van der Waals surface area contributed by atoms with Gasteiger partial charge in [-0.2, -0.15) is 0 Å². The standard InChI is InChI=1S/C13H14BrClO2/c14-10-1-2-11(12(15)8-10)13(16)7-9-3-5-17-6-4-9/h1-2,8-9H,3-7H2. The first-order chi connectivity index (χ1) is 8.16. The van der Waals surface area contributed by atoms with Crippen molar-refractivity contribution in [2.24, 2.45) is 5.92 Å². The summed E-state index contributed by atoms with van der Waals surface area (Å²) in [6, 6.07) is 5.40. The number of carbonyl (C=O) groups excluding carboxylic acids is 1. The number of benzene rings is 1. The number of ether oxygens (including phenoxy) is 1. The molecule has 0 saturated carbocycles. The van der Waals surface area contributed by atoms with Gasteiger partial charge in [0.2, 0.25) is 0 Å². The van der Waals surface area contributed by atoms with Crippen LogP contribution in [0.2, 0.25) is 5.02 Å². The van der Waals surface area contributed by atoms with Crippen LogP contribution in [0.3, 0.4) is 0 Å². The number of halogens is 2. The van der Waals surface area contributed by atoms with E-state index in [9.17, 15) is 4.79 Å². The highest BCUT2D eigenvalue weighted by molar-refractivity contribution is 9.10. The van der Waals surface area contributed by atoms with Crippen molar-refractivity contribution in [2.45, 2.75) is 19.3 Å². The normalized spacial score (nSPS) is 17.1. The number of carbonyl (C=O) groups is 1. The van der Waals surface area contributed by atoms with E-state index in [2.05, 4.69) is 15.9 Å². The van der Waals surface area contributed by atoms with Crippen LogP contribution >= 0.6 is 27.5 Å². The number of rotatable bonds is 3. The van der Waals surface area contributed by atoms with E-state index in [0.29, 0.717) is 22.9 Å². The van der Waals surface area contributed by atoms with Crippen LogP contribution in [0, 0.1) is 5.92 Å². The van der Waals surface area contributed by atoms with Crippen LogP contribution in [0.1, 0.15) is 29.6 Å². The Morgan fingerprint density at radius 1 is 1.41 bits per heavy atom. The first-order valence-electron chi connectivity index (χ1n) is 5.73. The summed E-state index contributed by atoms with van der Waals surface area (Å²) in [5.41, 5.74) is 0.626. The van der Waals surface area contributed by atoms with Gasteiger partial charge < -0.3 is 4.74 Å². The largest absolute Gasteiger partial charge is 0.381 e. The molecule has 0 unspecified atom stereocenters. The zero-order valence-electron chi connectivity index (χ0n) is 9.42. The van der Waals surface area contributed by atoms with Crippen molar-refractivity contribution in [3.05, 3.63) is 33.3 Å². The molecule has 1 aliphatic rings. The summed E-state index contributed by atoms with van der Waals surface area (Å²) in [7, 11) is 0. The van der Waals surface area contributed by atoms with Crippen LogP contribution in [0.5, 0.6) is 0 Å². The summed E-state index contributed by atoms with van der Waals surface area (Å²) < 4.78 is 6.18. The molecule has 1 fully saturated rings. The van der Waals surface area contributed by atoms with E-state index in [4.69, 9.17) is 16.3 Å². The van der Waals surface area contributed by atoms with Crippen LogP contribution in [0.4, 0.5) is 0 Å². The van der Waals surface area contributed by atoms with E-state index in [0.717, 1.165) is 30.5 Å². The first kappa shape index (κ1) is 13.1. The Bertz CT molecular complexity index is 414. The number of Topliss-reactive ketones (excluding diaryl/α,β-unsaturated/α-hetero) is 1. The molecule has 1 aromatic carbocycles. The number of ketones is 1. The van der Waals surface area contributed by atoms with Gasteiger partial charge in [-0.15, -0.1) is 0 Å². The van der Waals surface area contributed by atoms with Crippen molar-refractivity contribution in [3.8, 4) is 0 Å². The van der Waals surface area contributed by atoms with Gasteiger partial charge in [0.05, 0.1) is 5.02 Å². The van der Waals surface area contributed by atoms with Gasteiger partial charge in [-0.25, -0.2) is 0 Å². The lowest BCUT2D eigenvalue weighted by molar-refractivity contribution is 0.0601. The van der Waals surface area contributed by atoms with Gasteiger partial charge in [-0.05, 0) is 37.0 Å². The fourth-order valence-corrected chi connectivity index (χ4v) is 2.82. The third-order valence-electron chi connectivity index (χ3n) is 3.05. The van der Waals surface area contributed by atoms with Crippen LogP contribution in [-0.2, 0) is 4.74 Å². The highest BCUT2D eigenvalue weighted by atomic mass is 79.9. The minimum atomic E-state index is 0.134. The van der Waals surface area contributed by atoms with E-state index in [-0.39, 0.29) is 5.78 Å². The molecule has 0 aliphatic carbocycles. The minimum absolute atomic E-state index is 0.134. The van der Waals surface area contributed by atoms with Gasteiger partial charge in [0.25, 0.3) is 0 Å². The lowest BCUT2D eigenvalue weighted by atomic mass is 9.92. The summed E-state index contributed by atoms with van der Waals surface area (Å²) in [4.78, 5) is 12.1. The van der Waals surface area contributed by atoms with E-state index >= 15 is 0 Å². The molecule has 17 heavy (non-hydrogen) atoms. The molecule has 0 radical (unpaired) electrons. The van der Waals surface area contributed by atoms with Crippen molar-refractivity contribution < 1.29 is 9.53 Å². The van der Waals surface area contributed by atoms with Crippen molar-refractivity contribution in [1.82, 2.24) is 0 Å². The lowest BCUT2D eigenvalue weighted by Crippen LogP contribution is -2.18.